The van der Waals surface area contributed by atoms with Crippen LogP contribution in [0, 0.1) is 0 Å². The van der Waals surface area contributed by atoms with Crippen molar-refractivity contribution in [1.29, 1.82) is 0 Å². The molecule has 22 heavy (non-hydrogen) atoms. The molecule has 1 aliphatic heterocycles. The third kappa shape index (κ3) is 3.30. The Kier molecular flexibility index (Phi) is 4.86. The van der Waals surface area contributed by atoms with E-state index in [0.717, 1.165) is 30.6 Å². The first kappa shape index (κ1) is 16.5. The maximum atomic E-state index is 12.2. The predicted molar refractivity (Wildman–Crippen MR) is 85.2 cm³/mol. The molecule has 0 spiro atoms. The Morgan fingerprint density at radius 3 is 2.59 bits per heavy atom. The van der Waals surface area contributed by atoms with Gasteiger partial charge >= 0.3 is 0 Å². The average molecular weight is 303 g/mol. The molecule has 1 saturated heterocycles. The molecule has 1 amide bonds. The lowest BCUT2D eigenvalue weighted by Gasteiger charge is -2.33. The van der Waals surface area contributed by atoms with Gasteiger partial charge in [-0.1, -0.05) is 32.0 Å². The smallest absolute Gasteiger partial charge is 0.226 e. The van der Waals surface area contributed by atoms with E-state index in [0.29, 0.717) is 12.0 Å². The highest BCUT2D eigenvalue weighted by atomic mass is 16.4. The summed E-state index contributed by atoms with van der Waals surface area (Å²) in [4.78, 5) is 14.1. The predicted octanol–water partition coefficient (Wildman–Crippen LogP) is 3.11. The number of carbonyl (C=O) groups excluding carboxylic acids is 1. The summed E-state index contributed by atoms with van der Waals surface area (Å²) in [5, 5.41) is 23.1. The number of oxime groups is 1. The molecule has 0 bridgehead atoms. The Labute approximate surface area is 131 Å². The molecular weight excluding hydrogens is 280 g/mol. The van der Waals surface area contributed by atoms with Crippen LogP contribution in [-0.4, -0.2) is 30.0 Å². The first-order valence-corrected chi connectivity index (χ1v) is 7.62. The van der Waals surface area contributed by atoms with Gasteiger partial charge in [-0.05, 0) is 36.0 Å². The van der Waals surface area contributed by atoms with Crippen LogP contribution in [0.25, 0.3) is 0 Å². The monoisotopic (exact) mass is 303 g/mol. The lowest BCUT2D eigenvalue weighted by Crippen LogP contribution is -2.37. The second kappa shape index (κ2) is 6.48. The largest absolute Gasteiger partial charge is 0.411 e. The summed E-state index contributed by atoms with van der Waals surface area (Å²) >= 11 is 0. The van der Waals surface area contributed by atoms with Gasteiger partial charge in [0.2, 0.25) is 5.91 Å². The molecule has 0 aliphatic carbocycles. The summed E-state index contributed by atoms with van der Waals surface area (Å²) in [7, 11) is 0. The van der Waals surface area contributed by atoms with Crippen molar-refractivity contribution in [3.63, 3.8) is 0 Å². The van der Waals surface area contributed by atoms with Crippen molar-refractivity contribution in [2.45, 2.75) is 45.4 Å². The quantitative estimate of drug-likeness (QED) is 0.529. The van der Waals surface area contributed by atoms with E-state index in [1.165, 1.54) is 0 Å². The Morgan fingerprint density at radius 2 is 2.05 bits per heavy atom. The molecule has 1 aromatic rings. The summed E-state index contributed by atoms with van der Waals surface area (Å²) in [5.41, 5.74) is 2.41. The Hall–Kier alpha value is -1.88. The number of anilines is 1. The molecule has 0 aromatic heterocycles. The van der Waals surface area contributed by atoms with Crippen molar-refractivity contribution < 1.29 is 15.1 Å². The lowest BCUT2D eigenvalue weighted by molar-refractivity contribution is -0.119. The molecule has 5 nitrogen and oxygen atoms in total. The molecule has 0 unspecified atom stereocenters. The molecule has 1 heterocycles. The van der Waals surface area contributed by atoms with E-state index in [1.54, 1.807) is 6.07 Å². The highest BCUT2D eigenvalue weighted by Crippen LogP contribution is 2.34. The minimum Gasteiger partial charge on any atom is -0.411 e. The van der Waals surface area contributed by atoms with E-state index in [4.69, 9.17) is 5.21 Å². The number of hydrogen-bond acceptors (Lipinski definition) is 3. The van der Waals surface area contributed by atoms with Crippen LogP contribution in [0.2, 0.25) is 0 Å². The van der Waals surface area contributed by atoms with Gasteiger partial charge in [0.1, 0.15) is 12.3 Å². The summed E-state index contributed by atoms with van der Waals surface area (Å²) < 4.78 is 0. The fourth-order valence-electron chi connectivity index (χ4n) is 2.78. The summed E-state index contributed by atoms with van der Waals surface area (Å²) in [5.74, 6) is 0.143. The Bertz CT molecular complexity index is 588. The van der Waals surface area contributed by atoms with Crippen molar-refractivity contribution in [2.24, 2.45) is 5.16 Å². The Morgan fingerprint density at radius 1 is 1.32 bits per heavy atom. The topological polar surface area (TPSA) is 72.8 Å². The number of piperidine rings is 1. The number of rotatable bonds is 3. The van der Waals surface area contributed by atoms with E-state index in [9.17, 15) is 9.90 Å². The first-order chi connectivity index (χ1) is 10.4. The van der Waals surface area contributed by atoms with Crippen molar-refractivity contribution in [1.82, 2.24) is 0 Å². The molecule has 1 fully saturated rings. The van der Waals surface area contributed by atoms with Gasteiger partial charge in [0, 0.05) is 24.2 Å². The van der Waals surface area contributed by atoms with Gasteiger partial charge in [-0.2, -0.15) is 0 Å². The van der Waals surface area contributed by atoms with Crippen LogP contribution in [0.5, 0.6) is 0 Å². The molecule has 5 heteroatoms. The fraction of sp³-hybridized carbons (Fsp3) is 0.529. The van der Waals surface area contributed by atoms with Crippen LogP contribution >= 0.6 is 0 Å². The minimum atomic E-state index is -0.581. The van der Waals surface area contributed by atoms with Gasteiger partial charge in [-0.15, -0.1) is 0 Å². The maximum absolute atomic E-state index is 12.2. The Balaban J connectivity index is 2.52. The molecule has 2 rings (SSSR count). The summed E-state index contributed by atoms with van der Waals surface area (Å²) in [6.45, 7) is 6.34. The zero-order chi connectivity index (χ0) is 16.3. The SMILES string of the molecule is CC(C)(C)c1cc(C(C[O])=NO)ccc1N1CCCCC1=O. The van der Waals surface area contributed by atoms with Crippen molar-refractivity contribution >= 4 is 17.3 Å². The van der Waals surface area contributed by atoms with Gasteiger partial charge in [-0.25, -0.2) is 5.11 Å². The number of nitrogens with zero attached hydrogens (tertiary/aromatic N) is 2. The molecule has 1 aromatic carbocycles. The molecule has 0 saturated carbocycles. The zero-order valence-electron chi connectivity index (χ0n) is 13.4. The highest BCUT2D eigenvalue weighted by Gasteiger charge is 2.27. The van der Waals surface area contributed by atoms with E-state index in [1.807, 2.05) is 17.0 Å². The number of carbonyl (C=O) groups is 1. The average Bonchev–Trinajstić information content (AvgIpc) is 2.48. The molecule has 0 atom stereocenters. The van der Waals surface area contributed by atoms with Crippen LogP contribution in [0.3, 0.4) is 0 Å². The first-order valence-electron chi connectivity index (χ1n) is 7.62. The van der Waals surface area contributed by atoms with E-state index in [-0.39, 0.29) is 17.0 Å². The van der Waals surface area contributed by atoms with Crippen LogP contribution in [0.1, 0.15) is 51.2 Å². The van der Waals surface area contributed by atoms with E-state index >= 15 is 0 Å². The molecule has 1 N–H and O–H groups in total. The summed E-state index contributed by atoms with van der Waals surface area (Å²) in [6.07, 6.45) is 2.52. The minimum absolute atomic E-state index is 0.113. The van der Waals surface area contributed by atoms with Crippen molar-refractivity contribution in [3.05, 3.63) is 29.3 Å². The molecule has 119 valence electrons. The molecule has 1 aliphatic rings. The number of hydrogen-bond donors (Lipinski definition) is 1. The standard InChI is InChI=1S/C17H23N2O3/c1-17(2,3)13-10-12(14(11-20)18-22)7-8-15(13)19-9-5-4-6-16(19)21/h7-8,10,22H,4-6,9,11H2,1-3H3. The second-order valence-electron chi connectivity index (χ2n) is 6.68. The summed E-state index contributed by atoms with van der Waals surface area (Å²) in [6, 6.07) is 5.48. The molecular formula is C17H23N2O3. The van der Waals surface area contributed by atoms with Gasteiger partial charge in [-0.3, -0.25) is 4.79 Å². The molecule has 1 radical (unpaired) electrons. The maximum Gasteiger partial charge on any atom is 0.226 e. The van der Waals surface area contributed by atoms with Crippen LogP contribution < -0.4 is 4.90 Å². The normalized spacial score (nSPS) is 17.0. The zero-order valence-corrected chi connectivity index (χ0v) is 13.4. The number of benzene rings is 1. The third-order valence-corrected chi connectivity index (χ3v) is 4.01. The van der Waals surface area contributed by atoms with Crippen molar-refractivity contribution in [2.75, 3.05) is 18.1 Å². The van der Waals surface area contributed by atoms with Crippen LogP contribution in [0.4, 0.5) is 5.69 Å². The highest BCUT2D eigenvalue weighted by molar-refractivity contribution is 6.02. The van der Waals surface area contributed by atoms with Gasteiger partial charge < -0.3 is 10.1 Å². The van der Waals surface area contributed by atoms with Gasteiger partial charge in [0.25, 0.3) is 0 Å². The van der Waals surface area contributed by atoms with Crippen molar-refractivity contribution in [3.8, 4) is 0 Å². The third-order valence-electron chi connectivity index (χ3n) is 4.01. The number of amides is 1. The van der Waals surface area contributed by atoms with E-state index in [2.05, 4.69) is 25.9 Å². The van der Waals surface area contributed by atoms with Crippen LogP contribution in [0.15, 0.2) is 23.4 Å². The fourth-order valence-corrected chi connectivity index (χ4v) is 2.78. The van der Waals surface area contributed by atoms with Gasteiger partial charge in [0.05, 0.1) is 0 Å². The second-order valence-corrected chi connectivity index (χ2v) is 6.68. The lowest BCUT2D eigenvalue weighted by atomic mass is 9.83. The van der Waals surface area contributed by atoms with E-state index < -0.39 is 6.61 Å². The van der Waals surface area contributed by atoms with Crippen LogP contribution in [-0.2, 0) is 15.3 Å². The van der Waals surface area contributed by atoms with Gasteiger partial charge in [0.15, 0.2) is 0 Å².